The van der Waals surface area contributed by atoms with E-state index >= 15 is 0 Å². The van der Waals surface area contributed by atoms with Crippen LogP contribution in [-0.4, -0.2) is 53.0 Å². The van der Waals surface area contributed by atoms with Crippen molar-refractivity contribution < 1.29 is 34.2 Å². The maximum Gasteiger partial charge on any atom is 0.335 e. The van der Waals surface area contributed by atoms with E-state index in [0.717, 1.165) is 65.7 Å². The van der Waals surface area contributed by atoms with Crippen LogP contribution < -0.4 is 21.3 Å². The molecule has 0 radical (unpaired) electrons. The standard InChI is InChI=1S/C39H42N4O7S/c44-33(19-20-34(45)46)41-22-4-21-40-24-27-5-3-6-29(23-27)36(47)43-38-35(31-7-1-2-8-32(31)51-38)37(48)42-30-17-13-26(14-18-30)10-9-25-11-15-28(16-12-25)39(49)50/h3,5-6,11-18,23,40H,1-2,4,7-10,19-22,24H2,(H,41,44)(H,42,48)(H,43,47)(H,45,46)(H,49,50). The average Bonchev–Trinajstić information content (AvgIpc) is 3.50. The van der Waals surface area contributed by atoms with E-state index in [0.29, 0.717) is 47.9 Å². The number of carbonyl (C=O) groups excluding carboxylic acids is 3. The van der Waals surface area contributed by atoms with E-state index in [1.54, 1.807) is 18.2 Å². The first-order chi connectivity index (χ1) is 24.7. The van der Waals surface area contributed by atoms with E-state index in [1.165, 1.54) is 11.3 Å². The number of carboxylic acid groups (broad SMARTS) is 2. The number of hydrogen-bond donors (Lipinski definition) is 6. The van der Waals surface area contributed by atoms with Crippen LogP contribution in [0.1, 0.15) is 90.3 Å². The molecule has 1 aliphatic rings. The van der Waals surface area contributed by atoms with E-state index in [1.807, 2.05) is 54.6 Å². The van der Waals surface area contributed by atoms with Crippen LogP contribution in [0.2, 0.25) is 0 Å². The molecule has 0 bridgehead atoms. The van der Waals surface area contributed by atoms with Gasteiger partial charge in [-0.2, -0.15) is 0 Å². The summed E-state index contributed by atoms with van der Waals surface area (Å²) in [7, 11) is 0. The van der Waals surface area contributed by atoms with Crippen LogP contribution in [0, 0.1) is 0 Å². The highest BCUT2D eigenvalue weighted by Crippen LogP contribution is 2.39. The van der Waals surface area contributed by atoms with Gasteiger partial charge in [-0.1, -0.05) is 36.4 Å². The van der Waals surface area contributed by atoms with Crippen molar-refractivity contribution >= 4 is 51.7 Å². The molecule has 1 aromatic heterocycles. The fraction of sp³-hybridized carbons (Fsp3) is 0.308. The zero-order valence-electron chi connectivity index (χ0n) is 28.3. The predicted molar refractivity (Wildman–Crippen MR) is 197 cm³/mol. The van der Waals surface area contributed by atoms with Crippen molar-refractivity contribution in [1.82, 2.24) is 10.6 Å². The van der Waals surface area contributed by atoms with Gasteiger partial charge >= 0.3 is 11.9 Å². The van der Waals surface area contributed by atoms with Gasteiger partial charge in [0.25, 0.3) is 11.8 Å². The van der Waals surface area contributed by atoms with Gasteiger partial charge in [-0.05, 0) is 110 Å². The number of aromatic carboxylic acids is 1. The van der Waals surface area contributed by atoms with Crippen LogP contribution in [0.25, 0.3) is 0 Å². The summed E-state index contributed by atoms with van der Waals surface area (Å²) in [5, 5.41) is 30.4. The Hall–Kier alpha value is -5.33. The van der Waals surface area contributed by atoms with E-state index in [4.69, 9.17) is 10.2 Å². The topological polar surface area (TPSA) is 174 Å². The summed E-state index contributed by atoms with van der Waals surface area (Å²) < 4.78 is 0. The zero-order chi connectivity index (χ0) is 36.2. The lowest BCUT2D eigenvalue weighted by Gasteiger charge is -2.14. The third-order valence-corrected chi connectivity index (χ3v) is 9.88. The Morgan fingerprint density at radius 1 is 0.706 bits per heavy atom. The SMILES string of the molecule is O=C(O)CCC(=O)NCCCNCc1cccc(C(=O)Nc2sc3c(c2C(=O)Nc2ccc(CCc4ccc(C(=O)O)cc4)cc2)CCCC3)c1. The summed E-state index contributed by atoms with van der Waals surface area (Å²) >= 11 is 1.47. The number of benzene rings is 3. The minimum Gasteiger partial charge on any atom is -0.481 e. The third-order valence-electron chi connectivity index (χ3n) is 8.68. The second kappa shape index (κ2) is 18.1. The molecular formula is C39H42N4O7S. The molecule has 3 aromatic carbocycles. The number of amides is 3. The van der Waals surface area contributed by atoms with Crippen molar-refractivity contribution in [2.75, 3.05) is 23.7 Å². The number of anilines is 2. The average molecular weight is 711 g/mol. The summed E-state index contributed by atoms with van der Waals surface area (Å²) in [6.45, 7) is 1.59. The van der Waals surface area contributed by atoms with Gasteiger partial charge in [0.2, 0.25) is 5.91 Å². The molecule has 0 saturated heterocycles. The van der Waals surface area contributed by atoms with E-state index in [9.17, 15) is 24.0 Å². The van der Waals surface area contributed by atoms with Gasteiger partial charge in [-0.25, -0.2) is 4.79 Å². The molecule has 0 saturated carbocycles. The molecule has 0 aliphatic heterocycles. The van der Waals surface area contributed by atoms with Crippen molar-refractivity contribution in [1.29, 1.82) is 0 Å². The maximum atomic E-state index is 13.7. The van der Waals surface area contributed by atoms with Crippen LogP contribution in [-0.2, 0) is 41.8 Å². The normalized spacial score (nSPS) is 12.1. The number of carbonyl (C=O) groups is 5. The van der Waals surface area contributed by atoms with Gasteiger partial charge in [-0.15, -0.1) is 11.3 Å². The Morgan fingerprint density at radius 3 is 2.12 bits per heavy atom. The summed E-state index contributed by atoms with van der Waals surface area (Å²) in [5.74, 6) is -2.78. The van der Waals surface area contributed by atoms with Gasteiger partial charge in [-0.3, -0.25) is 19.2 Å². The minimum absolute atomic E-state index is 0.0379. The van der Waals surface area contributed by atoms with Crippen LogP contribution in [0.4, 0.5) is 10.7 Å². The van der Waals surface area contributed by atoms with Gasteiger partial charge in [0.05, 0.1) is 17.5 Å². The van der Waals surface area contributed by atoms with E-state index in [-0.39, 0.29) is 36.1 Å². The molecule has 0 atom stereocenters. The second-order valence-electron chi connectivity index (χ2n) is 12.5. The number of aryl methyl sites for hydroxylation is 3. The molecule has 0 unspecified atom stereocenters. The number of aliphatic carboxylic acids is 1. The van der Waals surface area contributed by atoms with Crippen LogP contribution >= 0.6 is 11.3 Å². The molecule has 266 valence electrons. The molecule has 1 heterocycles. The van der Waals surface area contributed by atoms with Crippen molar-refractivity contribution in [3.8, 4) is 0 Å². The Bertz CT molecular complexity index is 1870. The zero-order valence-corrected chi connectivity index (χ0v) is 29.1. The number of fused-ring (bicyclic) bond motifs is 1. The molecule has 1 aliphatic carbocycles. The molecule has 0 fully saturated rings. The van der Waals surface area contributed by atoms with Crippen molar-refractivity contribution in [3.05, 3.63) is 117 Å². The van der Waals surface area contributed by atoms with Crippen LogP contribution in [0.5, 0.6) is 0 Å². The van der Waals surface area contributed by atoms with Crippen molar-refractivity contribution in [2.24, 2.45) is 0 Å². The van der Waals surface area contributed by atoms with Gasteiger partial charge in [0, 0.05) is 35.6 Å². The maximum absolute atomic E-state index is 13.7. The number of carboxylic acids is 2. The Morgan fingerprint density at radius 2 is 1.41 bits per heavy atom. The fourth-order valence-corrected chi connectivity index (χ4v) is 7.21. The molecule has 3 amide bonds. The largest absolute Gasteiger partial charge is 0.481 e. The third kappa shape index (κ3) is 10.8. The van der Waals surface area contributed by atoms with Crippen LogP contribution in [0.3, 0.4) is 0 Å². The van der Waals surface area contributed by atoms with E-state index < -0.39 is 11.9 Å². The summed E-state index contributed by atoms with van der Waals surface area (Å²) in [4.78, 5) is 61.7. The highest BCUT2D eigenvalue weighted by atomic mass is 32.1. The first-order valence-electron chi connectivity index (χ1n) is 17.1. The lowest BCUT2D eigenvalue weighted by Crippen LogP contribution is -2.27. The molecule has 6 N–H and O–H groups in total. The first-order valence-corrected chi connectivity index (χ1v) is 17.9. The summed E-state index contributed by atoms with van der Waals surface area (Å²) in [6.07, 6.45) is 5.65. The molecule has 5 rings (SSSR count). The Labute approximate surface area is 300 Å². The molecule has 12 heteroatoms. The second-order valence-corrected chi connectivity index (χ2v) is 13.6. The van der Waals surface area contributed by atoms with Crippen LogP contribution in [0.15, 0.2) is 72.8 Å². The van der Waals surface area contributed by atoms with Gasteiger partial charge in [0.15, 0.2) is 0 Å². The van der Waals surface area contributed by atoms with Crippen molar-refractivity contribution in [3.63, 3.8) is 0 Å². The monoisotopic (exact) mass is 710 g/mol. The molecule has 0 spiro atoms. The van der Waals surface area contributed by atoms with E-state index in [2.05, 4.69) is 21.3 Å². The van der Waals surface area contributed by atoms with Crippen molar-refractivity contribution in [2.45, 2.75) is 64.3 Å². The van der Waals surface area contributed by atoms with Gasteiger partial charge in [0.1, 0.15) is 5.00 Å². The highest BCUT2D eigenvalue weighted by molar-refractivity contribution is 7.17. The smallest absolute Gasteiger partial charge is 0.335 e. The lowest BCUT2D eigenvalue weighted by atomic mass is 9.95. The number of hydrogen-bond acceptors (Lipinski definition) is 7. The first kappa shape index (κ1) is 36.9. The number of rotatable bonds is 17. The Kier molecular flexibility index (Phi) is 13.1. The quantitative estimate of drug-likeness (QED) is 0.0716. The Balaban J connectivity index is 1.16. The minimum atomic E-state index is -1.00. The fourth-order valence-electron chi connectivity index (χ4n) is 5.93. The number of nitrogens with one attached hydrogen (secondary N) is 4. The lowest BCUT2D eigenvalue weighted by molar-refractivity contribution is -0.138. The molecule has 11 nitrogen and oxygen atoms in total. The molecule has 51 heavy (non-hydrogen) atoms. The summed E-state index contributed by atoms with van der Waals surface area (Å²) in [5.41, 5.74) is 5.96. The highest BCUT2D eigenvalue weighted by Gasteiger charge is 2.27. The summed E-state index contributed by atoms with van der Waals surface area (Å²) in [6, 6.07) is 21.9. The predicted octanol–water partition coefficient (Wildman–Crippen LogP) is 6.08. The molecular weight excluding hydrogens is 669 g/mol. The molecule has 4 aromatic rings. The van der Waals surface area contributed by atoms with Gasteiger partial charge < -0.3 is 31.5 Å². The number of thiophene rings is 1.